The van der Waals surface area contributed by atoms with Crippen LogP contribution in [-0.2, 0) is 6.54 Å². The average molecular weight is 276 g/mol. The molecule has 0 aliphatic carbocycles. The van der Waals surface area contributed by atoms with E-state index in [0.29, 0.717) is 31.3 Å². The Morgan fingerprint density at radius 3 is 2.85 bits per heavy atom. The van der Waals surface area contributed by atoms with Gasteiger partial charge in [0.25, 0.3) is 0 Å². The second kappa shape index (κ2) is 6.60. The number of carboxylic acids is 1. The molecule has 0 atom stereocenters. The number of benzene rings is 1. The largest absolute Gasteiger partial charge is 0.490 e. The third-order valence-electron chi connectivity index (χ3n) is 2.66. The second-order valence-corrected chi connectivity index (χ2v) is 4.05. The van der Waals surface area contributed by atoms with Crippen LogP contribution >= 0.6 is 0 Å². The molecule has 0 radical (unpaired) electrons. The first-order valence-corrected chi connectivity index (χ1v) is 6.29. The normalized spacial score (nSPS) is 10.2. The summed E-state index contributed by atoms with van der Waals surface area (Å²) >= 11 is 0. The predicted molar refractivity (Wildman–Crippen MR) is 72.3 cm³/mol. The Kier molecular flexibility index (Phi) is 4.60. The quantitative estimate of drug-likeness (QED) is 0.838. The maximum Gasteiger partial charge on any atom is 0.335 e. The lowest BCUT2D eigenvalue weighted by Gasteiger charge is -2.12. The van der Waals surface area contributed by atoms with Crippen molar-refractivity contribution in [2.24, 2.45) is 0 Å². The Labute approximate surface area is 116 Å². The third-order valence-corrected chi connectivity index (χ3v) is 2.66. The molecule has 1 heterocycles. The SMILES string of the molecule is CCOc1cc(C(=O)O)ccc1OCCn1ccnc1. The fourth-order valence-electron chi connectivity index (χ4n) is 1.71. The molecule has 0 saturated heterocycles. The Morgan fingerprint density at radius 1 is 1.35 bits per heavy atom. The highest BCUT2D eigenvalue weighted by Gasteiger charge is 2.10. The average Bonchev–Trinajstić information content (AvgIpc) is 2.93. The van der Waals surface area contributed by atoms with Gasteiger partial charge in [-0.05, 0) is 25.1 Å². The van der Waals surface area contributed by atoms with Crippen LogP contribution in [0.2, 0.25) is 0 Å². The van der Waals surface area contributed by atoms with Crippen molar-refractivity contribution in [1.82, 2.24) is 9.55 Å². The Bertz CT molecular complexity index is 567. The summed E-state index contributed by atoms with van der Waals surface area (Å²) in [7, 11) is 0. The Morgan fingerprint density at radius 2 is 2.20 bits per heavy atom. The van der Waals surface area contributed by atoms with Crippen LogP contribution in [0.5, 0.6) is 11.5 Å². The molecule has 0 saturated carbocycles. The van der Waals surface area contributed by atoms with E-state index < -0.39 is 5.97 Å². The Balaban J connectivity index is 2.03. The molecule has 106 valence electrons. The second-order valence-electron chi connectivity index (χ2n) is 4.05. The molecule has 0 aliphatic heterocycles. The molecule has 0 bridgehead atoms. The highest BCUT2D eigenvalue weighted by Crippen LogP contribution is 2.28. The molecule has 0 amide bonds. The number of aromatic carboxylic acids is 1. The van der Waals surface area contributed by atoms with E-state index in [4.69, 9.17) is 14.6 Å². The molecule has 0 unspecified atom stereocenters. The lowest BCUT2D eigenvalue weighted by Crippen LogP contribution is -2.08. The molecule has 20 heavy (non-hydrogen) atoms. The van der Waals surface area contributed by atoms with Gasteiger partial charge < -0.3 is 19.1 Å². The summed E-state index contributed by atoms with van der Waals surface area (Å²) in [4.78, 5) is 14.9. The highest BCUT2D eigenvalue weighted by atomic mass is 16.5. The van der Waals surface area contributed by atoms with Crippen molar-refractivity contribution in [2.45, 2.75) is 13.5 Å². The van der Waals surface area contributed by atoms with Crippen LogP contribution < -0.4 is 9.47 Å². The summed E-state index contributed by atoms with van der Waals surface area (Å²) in [5.74, 6) is -0.00841. The number of hydrogen-bond donors (Lipinski definition) is 1. The summed E-state index contributed by atoms with van der Waals surface area (Å²) in [5, 5.41) is 8.96. The van der Waals surface area contributed by atoms with Crippen LogP contribution in [0.25, 0.3) is 0 Å². The van der Waals surface area contributed by atoms with Crippen LogP contribution in [0.4, 0.5) is 0 Å². The van der Waals surface area contributed by atoms with E-state index in [2.05, 4.69) is 4.98 Å². The van der Waals surface area contributed by atoms with Gasteiger partial charge in [-0.3, -0.25) is 0 Å². The minimum absolute atomic E-state index is 0.176. The number of aromatic nitrogens is 2. The van der Waals surface area contributed by atoms with E-state index in [1.165, 1.54) is 12.1 Å². The van der Waals surface area contributed by atoms with Gasteiger partial charge in [-0.25, -0.2) is 9.78 Å². The van der Waals surface area contributed by atoms with Gasteiger partial charge in [-0.1, -0.05) is 0 Å². The molecule has 0 spiro atoms. The van der Waals surface area contributed by atoms with Crippen molar-refractivity contribution in [2.75, 3.05) is 13.2 Å². The first-order valence-electron chi connectivity index (χ1n) is 6.29. The summed E-state index contributed by atoms with van der Waals surface area (Å²) in [5.41, 5.74) is 0.176. The van der Waals surface area contributed by atoms with Gasteiger partial charge in [-0.2, -0.15) is 0 Å². The van der Waals surface area contributed by atoms with Gasteiger partial charge in [0.1, 0.15) is 6.61 Å². The van der Waals surface area contributed by atoms with Gasteiger partial charge in [-0.15, -0.1) is 0 Å². The first-order chi connectivity index (χ1) is 9.70. The molecule has 1 aromatic carbocycles. The summed E-state index contributed by atoms with van der Waals surface area (Å²) < 4.78 is 12.9. The smallest absolute Gasteiger partial charge is 0.335 e. The van der Waals surface area contributed by atoms with E-state index in [1.807, 2.05) is 17.7 Å². The molecule has 1 N–H and O–H groups in total. The molecule has 1 aromatic heterocycles. The number of ether oxygens (including phenoxy) is 2. The zero-order valence-electron chi connectivity index (χ0n) is 11.2. The van der Waals surface area contributed by atoms with Crippen molar-refractivity contribution in [1.29, 1.82) is 0 Å². The van der Waals surface area contributed by atoms with Crippen molar-refractivity contribution in [3.05, 3.63) is 42.5 Å². The van der Waals surface area contributed by atoms with E-state index >= 15 is 0 Å². The first kappa shape index (κ1) is 13.9. The molecule has 6 nitrogen and oxygen atoms in total. The van der Waals surface area contributed by atoms with Crippen molar-refractivity contribution in [3.8, 4) is 11.5 Å². The van der Waals surface area contributed by atoms with Gasteiger partial charge in [0.05, 0.1) is 25.0 Å². The molecular weight excluding hydrogens is 260 g/mol. The van der Waals surface area contributed by atoms with Gasteiger partial charge >= 0.3 is 5.97 Å². The van der Waals surface area contributed by atoms with Crippen LogP contribution in [0.3, 0.4) is 0 Å². The third kappa shape index (κ3) is 3.50. The van der Waals surface area contributed by atoms with Gasteiger partial charge in [0.2, 0.25) is 0 Å². The van der Waals surface area contributed by atoms with Crippen molar-refractivity contribution >= 4 is 5.97 Å². The molecule has 0 fully saturated rings. The standard InChI is InChI=1S/C14H16N2O4/c1-2-19-13-9-11(14(17)18)3-4-12(13)20-8-7-16-6-5-15-10-16/h3-6,9-10H,2,7-8H2,1H3,(H,17,18). The minimum atomic E-state index is -0.990. The minimum Gasteiger partial charge on any atom is -0.490 e. The van der Waals surface area contributed by atoms with E-state index in [9.17, 15) is 4.79 Å². The Hall–Kier alpha value is -2.50. The topological polar surface area (TPSA) is 73.6 Å². The number of nitrogens with zero attached hydrogens (tertiary/aromatic N) is 2. The predicted octanol–water partition coefficient (Wildman–Crippen LogP) is 2.06. The van der Waals surface area contributed by atoms with Crippen LogP contribution in [0, 0.1) is 0 Å². The summed E-state index contributed by atoms with van der Waals surface area (Å²) in [6, 6.07) is 4.58. The van der Waals surface area contributed by atoms with E-state index in [1.54, 1.807) is 18.6 Å². The monoisotopic (exact) mass is 276 g/mol. The van der Waals surface area contributed by atoms with Crippen LogP contribution in [0.1, 0.15) is 17.3 Å². The van der Waals surface area contributed by atoms with Gasteiger partial charge in [0, 0.05) is 12.4 Å². The lowest BCUT2D eigenvalue weighted by molar-refractivity contribution is 0.0696. The van der Waals surface area contributed by atoms with Crippen LogP contribution in [0.15, 0.2) is 36.9 Å². The molecular formula is C14H16N2O4. The maximum atomic E-state index is 10.9. The molecule has 2 aromatic rings. The van der Waals surface area contributed by atoms with E-state index in [0.717, 1.165) is 0 Å². The maximum absolute atomic E-state index is 10.9. The fraction of sp³-hybridized carbons (Fsp3) is 0.286. The molecule has 2 rings (SSSR count). The number of carboxylic acid groups (broad SMARTS) is 1. The van der Waals surface area contributed by atoms with Crippen molar-refractivity contribution < 1.29 is 19.4 Å². The summed E-state index contributed by atoms with van der Waals surface area (Å²) in [6.07, 6.45) is 5.26. The van der Waals surface area contributed by atoms with Crippen molar-refractivity contribution in [3.63, 3.8) is 0 Å². The summed E-state index contributed by atoms with van der Waals surface area (Å²) in [6.45, 7) is 3.39. The van der Waals surface area contributed by atoms with Crippen LogP contribution in [-0.4, -0.2) is 33.8 Å². The number of rotatable bonds is 7. The zero-order valence-corrected chi connectivity index (χ0v) is 11.2. The van der Waals surface area contributed by atoms with E-state index in [-0.39, 0.29) is 5.56 Å². The molecule has 6 heteroatoms. The number of hydrogen-bond acceptors (Lipinski definition) is 4. The lowest BCUT2D eigenvalue weighted by atomic mass is 10.2. The number of imidazole rings is 1. The highest BCUT2D eigenvalue weighted by molar-refractivity contribution is 5.88. The molecule has 0 aliphatic rings. The fourth-order valence-corrected chi connectivity index (χ4v) is 1.71. The zero-order chi connectivity index (χ0) is 14.4. The number of carbonyl (C=O) groups is 1. The van der Waals surface area contributed by atoms with Gasteiger partial charge in [0.15, 0.2) is 11.5 Å².